The van der Waals surface area contributed by atoms with Crippen molar-refractivity contribution in [2.75, 3.05) is 19.5 Å². The number of esters is 1. The molecule has 1 atom stereocenters. The van der Waals surface area contributed by atoms with Crippen molar-refractivity contribution in [3.05, 3.63) is 47.5 Å². The molecule has 0 aliphatic carbocycles. The summed E-state index contributed by atoms with van der Waals surface area (Å²) in [5, 5.41) is 3.57. The molecule has 6 heteroatoms. The van der Waals surface area contributed by atoms with Crippen molar-refractivity contribution in [2.45, 2.75) is 79.2 Å². The van der Waals surface area contributed by atoms with Crippen molar-refractivity contribution >= 4 is 28.6 Å². The van der Waals surface area contributed by atoms with Crippen LogP contribution >= 0.6 is 0 Å². The Morgan fingerprint density at radius 2 is 1.80 bits per heavy atom. The van der Waals surface area contributed by atoms with Crippen LogP contribution in [-0.4, -0.2) is 29.7 Å². The van der Waals surface area contributed by atoms with Gasteiger partial charge < -0.3 is 19.4 Å². The Kier molecular flexibility index (Phi) is 8.47. The van der Waals surface area contributed by atoms with Crippen molar-refractivity contribution in [3.63, 3.8) is 0 Å². The Labute approximate surface area is 210 Å². The Hall–Kier alpha value is -3.02. The molecular weight excluding hydrogens is 438 g/mol. The van der Waals surface area contributed by atoms with Crippen molar-refractivity contribution in [1.82, 2.24) is 9.55 Å². The van der Waals surface area contributed by atoms with Gasteiger partial charge in [-0.2, -0.15) is 0 Å². The fourth-order valence-corrected chi connectivity index (χ4v) is 4.46. The van der Waals surface area contributed by atoms with Crippen LogP contribution in [0, 0.1) is 5.41 Å². The fourth-order valence-electron chi connectivity index (χ4n) is 4.46. The molecule has 0 fully saturated rings. The number of rotatable bonds is 11. The number of fused-ring (bicyclic) bond motifs is 1. The normalized spacial score (nSPS) is 12.7. The summed E-state index contributed by atoms with van der Waals surface area (Å²) in [5.41, 5.74) is 5.10. The minimum absolute atomic E-state index is 0.141. The van der Waals surface area contributed by atoms with E-state index in [1.165, 1.54) is 12.7 Å². The van der Waals surface area contributed by atoms with Crippen LogP contribution in [0.3, 0.4) is 0 Å². The van der Waals surface area contributed by atoms with Gasteiger partial charge in [0, 0.05) is 23.4 Å². The van der Waals surface area contributed by atoms with E-state index in [4.69, 9.17) is 14.5 Å². The Balaban J connectivity index is 2.15. The molecular formula is C29H41N3O3. The fraction of sp³-hybridized carbons (Fsp3) is 0.517. The number of benzene rings is 2. The Morgan fingerprint density at radius 1 is 1.11 bits per heavy atom. The zero-order chi connectivity index (χ0) is 25.8. The van der Waals surface area contributed by atoms with Gasteiger partial charge in [-0.3, -0.25) is 4.79 Å². The summed E-state index contributed by atoms with van der Waals surface area (Å²) in [6, 6.07) is 12.8. The smallest absolute Gasteiger partial charge is 0.310 e. The van der Waals surface area contributed by atoms with Crippen LogP contribution in [0.25, 0.3) is 11.0 Å². The zero-order valence-electron chi connectivity index (χ0n) is 22.6. The number of carbonyl (C=O) groups excluding carboxylic acids is 1. The summed E-state index contributed by atoms with van der Waals surface area (Å²) in [4.78, 5) is 17.0. The molecule has 1 aromatic heterocycles. The molecule has 0 aliphatic rings. The highest BCUT2D eigenvalue weighted by atomic mass is 16.5. The maximum atomic E-state index is 12.0. The van der Waals surface area contributed by atoms with Crippen LogP contribution < -0.4 is 10.1 Å². The first-order chi connectivity index (χ1) is 16.6. The van der Waals surface area contributed by atoms with Crippen molar-refractivity contribution in [2.24, 2.45) is 5.41 Å². The summed E-state index contributed by atoms with van der Waals surface area (Å²) in [6.45, 7) is 13.5. The molecule has 0 radical (unpaired) electrons. The lowest BCUT2D eigenvalue weighted by Crippen LogP contribution is -2.20. The van der Waals surface area contributed by atoms with Gasteiger partial charge in [0.05, 0.1) is 31.7 Å². The second kappa shape index (κ2) is 11.1. The Morgan fingerprint density at radius 3 is 2.34 bits per heavy atom. The van der Waals surface area contributed by atoms with Crippen molar-refractivity contribution in [1.29, 1.82) is 0 Å². The van der Waals surface area contributed by atoms with E-state index in [0.717, 1.165) is 47.5 Å². The van der Waals surface area contributed by atoms with E-state index in [0.29, 0.717) is 11.7 Å². The van der Waals surface area contributed by atoms with Crippen LogP contribution in [0.15, 0.2) is 36.4 Å². The number of hydrogen-bond donors (Lipinski definition) is 1. The number of hydrogen-bond acceptors (Lipinski definition) is 5. The summed E-state index contributed by atoms with van der Waals surface area (Å²) >= 11 is 0. The van der Waals surface area contributed by atoms with Crippen LogP contribution in [0.1, 0.15) is 83.9 Å². The third kappa shape index (κ3) is 6.16. The van der Waals surface area contributed by atoms with Gasteiger partial charge in [0.1, 0.15) is 5.75 Å². The topological polar surface area (TPSA) is 65.4 Å². The number of ether oxygens (including phenoxy) is 2. The maximum absolute atomic E-state index is 12.0. The van der Waals surface area contributed by atoms with E-state index in [1.807, 2.05) is 12.1 Å². The van der Waals surface area contributed by atoms with E-state index in [9.17, 15) is 4.79 Å². The van der Waals surface area contributed by atoms with Gasteiger partial charge >= 0.3 is 5.97 Å². The van der Waals surface area contributed by atoms with Gasteiger partial charge in [0.25, 0.3) is 0 Å². The minimum atomic E-state index is -0.304. The van der Waals surface area contributed by atoms with Crippen LogP contribution in [-0.2, 0) is 16.0 Å². The summed E-state index contributed by atoms with van der Waals surface area (Å²) in [5.74, 6) is 1.65. The van der Waals surface area contributed by atoms with E-state index >= 15 is 0 Å². The number of anilines is 2. The maximum Gasteiger partial charge on any atom is 0.310 e. The van der Waals surface area contributed by atoms with Crippen LogP contribution in [0.5, 0.6) is 5.75 Å². The predicted octanol–water partition coefficient (Wildman–Crippen LogP) is 7.40. The summed E-state index contributed by atoms with van der Waals surface area (Å²) in [6.07, 6.45) is 3.24. The van der Waals surface area contributed by atoms with Gasteiger partial charge in [0.2, 0.25) is 5.95 Å². The highest BCUT2D eigenvalue weighted by Gasteiger charge is 2.26. The van der Waals surface area contributed by atoms with E-state index in [-0.39, 0.29) is 23.8 Å². The number of nitrogens with zero attached hydrogens (tertiary/aromatic N) is 2. The first kappa shape index (κ1) is 26.6. The number of aromatic nitrogens is 2. The molecule has 0 amide bonds. The summed E-state index contributed by atoms with van der Waals surface area (Å²) < 4.78 is 12.9. The molecule has 0 unspecified atom stereocenters. The van der Waals surface area contributed by atoms with E-state index in [1.54, 1.807) is 7.11 Å². The SMILES string of the molecule is CC[C@H](CC(C)(C)CC)n1c(Nc2ccc(C(C)C)cc2)nc2cc(CC(=O)OC)c(OC)cc21. The largest absolute Gasteiger partial charge is 0.496 e. The first-order valence-electron chi connectivity index (χ1n) is 12.6. The third-order valence-corrected chi connectivity index (χ3v) is 7.07. The lowest BCUT2D eigenvalue weighted by atomic mass is 9.82. The average molecular weight is 480 g/mol. The van der Waals surface area contributed by atoms with Gasteiger partial charge in [-0.15, -0.1) is 0 Å². The van der Waals surface area contributed by atoms with Crippen LogP contribution in [0.4, 0.5) is 11.6 Å². The standard InChI is InChI=1S/C29H41N3O3/c1-9-23(18-29(5,6)10-2)32-25-17-26(34-7)21(16-27(33)35-8)15-24(25)31-28(32)30-22-13-11-20(12-14-22)19(3)4/h11-15,17,19,23H,9-10,16,18H2,1-8H3,(H,30,31)/t23-/m1/s1. The van der Waals surface area contributed by atoms with E-state index < -0.39 is 0 Å². The Bertz CT molecular complexity index is 1150. The minimum Gasteiger partial charge on any atom is -0.496 e. The van der Waals surface area contributed by atoms with Gasteiger partial charge in [0.15, 0.2) is 0 Å². The molecule has 35 heavy (non-hydrogen) atoms. The van der Waals surface area contributed by atoms with Gasteiger partial charge in [-0.25, -0.2) is 4.98 Å². The number of carbonyl (C=O) groups is 1. The molecule has 0 saturated carbocycles. The second-order valence-corrected chi connectivity index (χ2v) is 10.4. The van der Waals surface area contributed by atoms with E-state index in [2.05, 4.69) is 75.7 Å². The van der Waals surface area contributed by atoms with Gasteiger partial charge in [-0.05, 0) is 47.9 Å². The lowest BCUT2D eigenvalue weighted by Gasteiger charge is -2.30. The number of nitrogens with one attached hydrogen (secondary N) is 1. The molecule has 3 rings (SSSR count). The quantitative estimate of drug-likeness (QED) is 0.290. The molecule has 0 bridgehead atoms. The molecule has 3 aromatic rings. The zero-order valence-corrected chi connectivity index (χ0v) is 22.6. The lowest BCUT2D eigenvalue weighted by molar-refractivity contribution is -0.139. The number of methoxy groups -OCH3 is 2. The molecule has 1 N–H and O–H groups in total. The molecule has 1 heterocycles. The predicted molar refractivity (Wildman–Crippen MR) is 144 cm³/mol. The van der Waals surface area contributed by atoms with Crippen LogP contribution in [0.2, 0.25) is 0 Å². The first-order valence-corrected chi connectivity index (χ1v) is 12.6. The summed E-state index contributed by atoms with van der Waals surface area (Å²) in [7, 11) is 3.03. The molecule has 2 aromatic carbocycles. The molecule has 0 saturated heterocycles. The monoisotopic (exact) mass is 479 g/mol. The molecule has 0 aliphatic heterocycles. The highest BCUT2D eigenvalue weighted by Crippen LogP contribution is 2.39. The number of imidazole rings is 1. The third-order valence-electron chi connectivity index (χ3n) is 7.07. The molecule has 0 spiro atoms. The molecule has 6 nitrogen and oxygen atoms in total. The van der Waals surface area contributed by atoms with Crippen molar-refractivity contribution in [3.8, 4) is 5.75 Å². The molecule has 190 valence electrons. The van der Waals surface area contributed by atoms with Gasteiger partial charge in [-0.1, -0.05) is 60.1 Å². The average Bonchev–Trinajstić information content (AvgIpc) is 3.18. The second-order valence-electron chi connectivity index (χ2n) is 10.4. The van der Waals surface area contributed by atoms with Crippen molar-refractivity contribution < 1.29 is 14.3 Å². The highest BCUT2D eigenvalue weighted by molar-refractivity contribution is 5.84.